The molecule has 0 spiro atoms. The fourth-order valence-corrected chi connectivity index (χ4v) is 3.42. The maximum absolute atomic E-state index is 12.9. The van der Waals surface area contributed by atoms with E-state index >= 15 is 0 Å². The first-order valence-electron chi connectivity index (χ1n) is 8.24. The first-order chi connectivity index (χ1) is 12.5. The van der Waals surface area contributed by atoms with Crippen LogP contribution in [0.2, 0.25) is 0 Å². The van der Waals surface area contributed by atoms with Crippen LogP contribution in [0, 0.1) is 5.82 Å². The van der Waals surface area contributed by atoms with Gasteiger partial charge >= 0.3 is 5.63 Å². The van der Waals surface area contributed by atoms with Crippen LogP contribution < -0.4 is 10.9 Å². The highest BCUT2D eigenvalue weighted by Crippen LogP contribution is 2.23. The van der Waals surface area contributed by atoms with E-state index in [1.54, 1.807) is 0 Å². The molecule has 2 aromatic carbocycles. The molecule has 3 rings (SSSR count). The van der Waals surface area contributed by atoms with E-state index in [-0.39, 0.29) is 17.5 Å². The number of carbonyl (C=O) groups excluding carboxylic acids is 1. The van der Waals surface area contributed by atoms with Gasteiger partial charge in [-0.25, -0.2) is 9.18 Å². The highest BCUT2D eigenvalue weighted by atomic mass is 32.2. The maximum atomic E-state index is 12.9. The summed E-state index contributed by atoms with van der Waals surface area (Å²) < 4.78 is 18.2. The van der Waals surface area contributed by atoms with Crippen molar-refractivity contribution in [3.63, 3.8) is 0 Å². The second-order valence-corrected chi connectivity index (χ2v) is 6.81. The lowest BCUT2D eigenvalue weighted by molar-refractivity contribution is -0.113. The van der Waals surface area contributed by atoms with Gasteiger partial charge in [-0.3, -0.25) is 4.79 Å². The van der Waals surface area contributed by atoms with E-state index in [4.69, 9.17) is 4.42 Å². The average molecular weight is 371 g/mol. The first kappa shape index (κ1) is 18.2. The van der Waals surface area contributed by atoms with Crippen molar-refractivity contribution >= 4 is 34.3 Å². The van der Waals surface area contributed by atoms with Crippen molar-refractivity contribution in [3.05, 3.63) is 75.9 Å². The molecular weight excluding hydrogens is 353 g/mol. The van der Waals surface area contributed by atoms with E-state index in [0.29, 0.717) is 17.0 Å². The van der Waals surface area contributed by atoms with Crippen LogP contribution in [-0.2, 0) is 17.0 Å². The smallest absolute Gasteiger partial charge is 0.336 e. The van der Waals surface area contributed by atoms with E-state index in [9.17, 15) is 14.0 Å². The Kier molecular flexibility index (Phi) is 5.73. The molecule has 0 saturated heterocycles. The Labute approximate surface area is 154 Å². The van der Waals surface area contributed by atoms with Gasteiger partial charge in [-0.15, -0.1) is 11.8 Å². The Morgan fingerprint density at radius 1 is 1.15 bits per heavy atom. The molecule has 0 atom stereocenters. The summed E-state index contributed by atoms with van der Waals surface area (Å²) in [5.41, 5.74) is 2.68. The van der Waals surface area contributed by atoms with Gasteiger partial charge in [-0.05, 0) is 47.9 Å². The van der Waals surface area contributed by atoms with Gasteiger partial charge in [-0.1, -0.05) is 19.1 Å². The van der Waals surface area contributed by atoms with Gasteiger partial charge in [0.2, 0.25) is 5.91 Å². The third kappa shape index (κ3) is 4.52. The van der Waals surface area contributed by atoms with Crippen LogP contribution in [-0.4, -0.2) is 11.7 Å². The number of thioether (sulfide) groups is 1. The van der Waals surface area contributed by atoms with Gasteiger partial charge in [0.25, 0.3) is 0 Å². The molecule has 0 radical (unpaired) electrons. The molecule has 26 heavy (non-hydrogen) atoms. The normalized spacial score (nSPS) is 10.8. The molecule has 0 bridgehead atoms. The van der Waals surface area contributed by atoms with Crippen molar-refractivity contribution in [2.45, 2.75) is 19.1 Å². The summed E-state index contributed by atoms with van der Waals surface area (Å²) in [6.07, 6.45) is 0.863. The number of nitrogens with one attached hydrogen (secondary N) is 1. The van der Waals surface area contributed by atoms with E-state index in [0.717, 1.165) is 22.9 Å². The summed E-state index contributed by atoms with van der Waals surface area (Å²) in [5, 5.41) is 3.59. The van der Waals surface area contributed by atoms with E-state index < -0.39 is 5.63 Å². The number of hydrogen-bond acceptors (Lipinski definition) is 4. The third-order valence-electron chi connectivity index (χ3n) is 3.92. The van der Waals surface area contributed by atoms with Crippen LogP contribution in [0.25, 0.3) is 11.0 Å². The molecule has 1 N–H and O–H groups in total. The minimum Gasteiger partial charge on any atom is -0.423 e. The molecule has 0 saturated carbocycles. The lowest BCUT2D eigenvalue weighted by Crippen LogP contribution is -2.14. The number of hydrogen-bond donors (Lipinski definition) is 1. The van der Waals surface area contributed by atoms with Crippen molar-refractivity contribution in [2.75, 3.05) is 11.1 Å². The standard InChI is InChI=1S/C20H18FNO3S/c1-2-13-3-8-17-14(10-20(24)25-18(17)9-13)11-26-12-19(23)22-16-6-4-15(21)5-7-16/h3-10H,2,11-12H2,1H3,(H,22,23). The van der Waals surface area contributed by atoms with Gasteiger partial charge in [0.1, 0.15) is 11.4 Å². The zero-order valence-electron chi connectivity index (χ0n) is 14.3. The number of fused-ring (bicyclic) bond motifs is 1. The van der Waals surface area contributed by atoms with Crippen LogP contribution >= 0.6 is 11.8 Å². The highest BCUT2D eigenvalue weighted by molar-refractivity contribution is 7.99. The van der Waals surface area contributed by atoms with Crippen molar-refractivity contribution in [3.8, 4) is 0 Å². The average Bonchev–Trinajstić information content (AvgIpc) is 2.63. The number of carbonyl (C=O) groups is 1. The number of anilines is 1. The van der Waals surface area contributed by atoms with E-state index in [2.05, 4.69) is 5.32 Å². The molecule has 0 aliphatic carbocycles. The molecule has 1 heterocycles. The number of amides is 1. The Bertz CT molecular complexity index is 983. The quantitative estimate of drug-likeness (QED) is 0.654. The molecule has 6 heteroatoms. The monoisotopic (exact) mass is 371 g/mol. The van der Waals surface area contributed by atoms with Gasteiger partial charge < -0.3 is 9.73 Å². The first-order valence-corrected chi connectivity index (χ1v) is 9.39. The lowest BCUT2D eigenvalue weighted by Gasteiger charge is -2.07. The van der Waals surface area contributed by atoms with Crippen LogP contribution in [0.4, 0.5) is 10.1 Å². The lowest BCUT2D eigenvalue weighted by atomic mass is 10.1. The largest absolute Gasteiger partial charge is 0.423 e. The van der Waals surface area contributed by atoms with Crippen molar-refractivity contribution in [2.24, 2.45) is 0 Å². The maximum Gasteiger partial charge on any atom is 0.336 e. The van der Waals surface area contributed by atoms with Crippen molar-refractivity contribution in [1.29, 1.82) is 0 Å². The molecule has 1 aromatic heterocycles. The van der Waals surface area contributed by atoms with Crippen LogP contribution in [0.15, 0.2) is 57.7 Å². The number of benzene rings is 2. The molecule has 0 aliphatic rings. The fourth-order valence-electron chi connectivity index (χ4n) is 2.60. The van der Waals surface area contributed by atoms with Crippen molar-refractivity contribution in [1.82, 2.24) is 0 Å². The van der Waals surface area contributed by atoms with Gasteiger partial charge in [0.15, 0.2) is 0 Å². The Morgan fingerprint density at radius 2 is 1.92 bits per heavy atom. The predicted octanol–water partition coefficient (Wildman–Crippen LogP) is 4.37. The Balaban J connectivity index is 1.65. The summed E-state index contributed by atoms with van der Waals surface area (Å²) in [5.74, 6) is 0.219. The Hall–Kier alpha value is -2.60. The zero-order chi connectivity index (χ0) is 18.5. The molecule has 1 amide bonds. The third-order valence-corrected chi connectivity index (χ3v) is 4.90. The summed E-state index contributed by atoms with van der Waals surface area (Å²) in [7, 11) is 0. The topological polar surface area (TPSA) is 59.3 Å². The molecule has 0 fully saturated rings. The Morgan fingerprint density at radius 3 is 2.65 bits per heavy atom. The van der Waals surface area contributed by atoms with Crippen LogP contribution in [0.5, 0.6) is 0 Å². The van der Waals surface area contributed by atoms with E-state index in [1.165, 1.54) is 42.1 Å². The number of rotatable bonds is 6. The summed E-state index contributed by atoms with van der Waals surface area (Å²) in [6.45, 7) is 2.04. The number of halogens is 1. The van der Waals surface area contributed by atoms with Gasteiger partial charge in [0, 0.05) is 22.9 Å². The summed E-state index contributed by atoms with van der Waals surface area (Å²) in [6, 6.07) is 12.9. The molecule has 4 nitrogen and oxygen atoms in total. The molecule has 0 aliphatic heterocycles. The second-order valence-electron chi connectivity index (χ2n) is 5.82. The van der Waals surface area contributed by atoms with Crippen LogP contribution in [0.1, 0.15) is 18.1 Å². The molecular formula is C20H18FNO3S. The van der Waals surface area contributed by atoms with E-state index in [1.807, 2.05) is 25.1 Å². The molecule has 3 aromatic rings. The zero-order valence-corrected chi connectivity index (χ0v) is 15.1. The minimum atomic E-state index is -0.392. The highest BCUT2D eigenvalue weighted by Gasteiger charge is 2.08. The number of aryl methyl sites for hydroxylation is 1. The second kappa shape index (κ2) is 8.19. The van der Waals surface area contributed by atoms with Gasteiger partial charge in [0.05, 0.1) is 5.75 Å². The fraction of sp³-hybridized carbons (Fsp3) is 0.200. The summed E-state index contributed by atoms with van der Waals surface area (Å²) >= 11 is 1.40. The predicted molar refractivity (Wildman–Crippen MR) is 103 cm³/mol. The van der Waals surface area contributed by atoms with Gasteiger partial charge in [-0.2, -0.15) is 0 Å². The molecule has 0 unspecified atom stereocenters. The van der Waals surface area contributed by atoms with Crippen molar-refractivity contribution < 1.29 is 13.6 Å². The summed E-state index contributed by atoms with van der Waals surface area (Å²) in [4.78, 5) is 23.8. The SMILES string of the molecule is CCc1ccc2c(CSCC(=O)Nc3ccc(F)cc3)cc(=O)oc2c1. The minimum absolute atomic E-state index is 0.179. The molecule has 134 valence electrons. The van der Waals surface area contributed by atoms with Crippen LogP contribution in [0.3, 0.4) is 0 Å².